The van der Waals surface area contributed by atoms with Crippen molar-refractivity contribution in [1.29, 1.82) is 0 Å². The summed E-state index contributed by atoms with van der Waals surface area (Å²) in [5.41, 5.74) is 7.00. The van der Waals surface area contributed by atoms with Crippen LogP contribution in [0.5, 0.6) is 0 Å². The van der Waals surface area contributed by atoms with Crippen molar-refractivity contribution in [3.63, 3.8) is 0 Å². The van der Waals surface area contributed by atoms with Crippen molar-refractivity contribution in [2.45, 2.75) is 13.0 Å². The Morgan fingerprint density at radius 2 is 2.21 bits per heavy atom. The maximum absolute atomic E-state index is 5.65. The SMILES string of the molecule is NCC1CCN(Cc2ccncc2)C1. The Bertz CT molecular complexity index is 273. The van der Waals surface area contributed by atoms with Gasteiger partial charge in [-0.3, -0.25) is 9.88 Å². The Balaban J connectivity index is 1.88. The van der Waals surface area contributed by atoms with Gasteiger partial charge in [0.1, 0.15) is 0 Å². The summed E-state index contributed by atoms with van der Waals surface area (Å²) in [6.45, 7) is 4.20. The maximum atomic E-state index is 5.65. The minimum absolute atomic E-state index is 0.705. The molecule has 0 aliphatic carbocycles. The molecule has 0 amide bonds. The molecule has 3 nitrogen and oxygen atoms in total. The summed E-state index contributed by atoms with van der Waals surface area (Å²) in [4.78, 5) is 6.48. The van der Waals surface area contributed by atoms with Gasteiger partial charge in [-0.2, -0.15) is 0 Å². The molecule has 1 aliphatic heterocycles. The fourth-order valence-electron chi connectivity index (χ4n) is 2.00. The van der Waals surface area contributed by atoms with E-state index in [9.17, 15) is 0 Å². The molecule has 0 radical (unpaired) electrons. The van der Waals surface area contributed by atoms with Gasteiger partial charge < -0.3 is 5.73 Å². The van der Waals surface area contributed by atoms with Crippen molar-refractivity contribution in [2.24, 2.45) is 11.7 Å². The topological polar surface area (TPSA) is 42.1 Å². The predicted molar refractivity (Wildman–Crippen MR) is 56.7 cm³/mol. The van der Waals surface area contributed by atoms with Crippen LogP contribution in [-0.4, -0.2) is 29.5 Å². The Labute approximate surface area is 84.9 Å². The zero-order chi connectivity index (χ0) is 9.80. The summed E-state index contributed by atoms with van der Waals surface area (Å²) in [6.07, 6.45) is 4.96. The first-order chi connectivity index (χ1) is 6.88. The molecule has 1 fully saturated rings. The van der Waals surface area contributed by atoms with Crippen LogP contribution in [0.4, 0.5) is 0 Å². The number of hydrogen-bond acceptors (Lipinski definition) is 3. The number of aromatic nitrogens is 1. The lowest BCUT2D eigenvalue weighted by atomic mass is 10.1. The normalized spacial score (nSPS) is 22.8. The molecule has 1 aromatic heterocycles. The summed E-state index contributed by atoms with van der Waals surface area (Å²) in [6, 6.07) is 4.16. The van der Waals surface area contributed by atoms with Gasteiger partial charge in [-0.05, 0) is 43.1 Å². The fourth-order valence-corrected chi connectivity index (χ4v) is 2.00. The monoisotopic (exact) mass is 191 g/mol. The van der Waals surface area contributed by atoms with Crippen LogP contribution in [0.2, 0.25) is 0 Å². The lowest BCUT2D eigenvalue weighted by Gasteiger charge is -2.15. The Morgan fingerprint density at radius 3 is 2.86 bits per heavy atom. The second-order valence-electron chi connectivity index (χ2n) is 3.98. The molecule has 1 aliphatic rings. The fraction of sp³-hybridized carbons (Fsp3) is 0.545. The molecule has 1 aromatic rings. The number of nitrogens with two attached hydrogens (primary N) is 1. The highest BCUT2D eigenvalue weighted by molar-refractivity contribution is 5.09. The lowest BCUT2D eigenvalue weighted by molar-refractivity contribution is 0.318. The van der Waals surface area contributed by atoms with E-state index in [0.29, 0.717) is 5.92 Å². The summed E-state index contributed by atoms with van der Waals surface area (Å²) in [7, 11) is 0. The van der Waals surface area contributed by atoms with Crippen LogP contribution in [0.3, 0.4) is 0 Å². The minimum atomic E-state index is 0.705. The van der Waals surface area contributed by atoms with E-state index in [1.54, 1.807) is 0 Å². The van der Waals surface area contributed by atoms with Crippen LogP contribution < -0.4 is 5.73 Å². The van der Waals surface area contributed by atoms with Crippen LogP contribution in [0.25, 0.3) is 0 Å². The van der Waals surface area contributed by atoms with Crippen LogP contribution in [0.15, 0.2) is 24.5 Å². The van der Waals surface area contributed by atoms with Gasteiger partial charge in [0.25, 0.3) is 0 Å². The zero-order valence-corrected chi connectivity index (χ0v) is 8.39. The van der Waals surface area contributed by atoms with E-state index in [2.05, 4.69) is 22.0 Å². The van der Waals surface area contributed by atoms with E-state index in [4.69, 9.17) is 5.73 Å². The molecular formula is C11H17N3. The second kappa shape index (κ2) is 4.53. The molecule has 1 saturated heterocycles. The molecule has 2 N–H and O–H groups in total. The molecular weight excluding hydrogens is 174 g/mol. The van der Waals surface area contributed by atoms with Gasteiger partial charge in [0.15, 0.2) is 0 Å². The highest BCUT2D eigenvalue weighted by atomic mass is 15.1. The van der Waals surface area contributed by atoms with Crippen molar-refractivity contribution in [2.75, 3.05) is 19.6 Å². The smallest absolute Gasteiger partial charge is 0.0271 e. The quantitative estimate of drug-likeness (QED) is 0.770. The molecule has 14 heavy (non-hydrogen) atoms. The first-order valence-corrected chi connectivity index (χ1v) is 5.20. The Morgan fingerprint density at radius 1 is 1.43 bits per heavy atom. The van der Waals surface area contributed by atoms with E-state index in [1.165, 1.54) is 18.5 Å². The molecule has 1 atom stereocenters. The number of rotatable bonds is 3. The van der Waals surface area contributed by atoms with Crippen LogP contribution >= 0.6 is 0 Å². The third kappa shape index (κ3) is 2.30. The van der Waals surface area contributed by atoms with Crippen molar-refractivity contribution in [3.05, 3.63) is 30.1 Å². The molecule has 0 spiro atoms. The highest BCUT2D eigenvalue weighted by Crippen LogP contribution is 2.16. The molecule has 0 bridgehead atoms. The standard InChI is InChI=1S/C11H17N3/c12-7-11-3-6-14(9-11)8-10-1-4-13-5-2-10/h1-2,4-5,11H,3,6-9,12H2. The molecule has 0 saturated carbocycles. The first kappa shape index (κ1) is 9.62. The van der Waals surface area contributed by atoms with Crippen LogP contribution in [-0.2, 0) is 6.54 Å². The Hall–Kier alpha value is -0.930. The van der Waals surface area contributed by atoms with E-state index in [0.717, 1.165) is 19.6 Å². The number of likely N-dealkylation sites (tertiary alicyclic amines) is 1. The van der Waals surface area contributed by atoms with Gasteiger partial charge in [-0.1, -0.05) is 0 Å². The van der Waals surface area contributed by atoms with E-state index >= 15 is 0 Å². The van der Waals surface area contributed by atoms with Gasteiger partial charge >= 0.3 is 0 Å². The van der Waals surface area contributed by atoms with Gasteiger partial charge in [0, 0.05) is 25.5 Å². The van der Waals surface area contributed by atoms with E-state index in [-0.39, 0.29) is 0 Å². The molecule has 2 rings (SSSR count). The maximum Gasteiger partial charge on any atom is 0.0271 e. The summed E-state index contributed by atoms with van der Waals surface area (Å²) >= 11 is 0. The molecule has 0 aromatic carbocycles. The molecule has 1 unspecified atom stereocenters. The average molecular weight is 191 g/mol. The molecule has 3 heteroatoms. The minimum Gasteiger partial charge on any atom is -0.330 e. The summed E-state index contributed by atoms with van der Waals surface area (Å²) in [5, 5.41) is 0. The van der Waals surface area contributed by atoms with E-state index in [1.807, 2.05) is 12.4 Å². The van der Waals surface area contributed by atoms with Crippen molar-refractivity contribution < 1.29 is 0 Å². The Kier molecular flexibility index (Phi) is 3.11. The van der Waals surface area contributed by atoms with E-state index < -0.39 is 0 Å². The number of hydrogen-bond donors (Lipinski definition) is 1. The average Bonchev–Trinajstić information content (AvgIpc) is 2.67. The number of nitrogens with zero attached hydrogens (tertiary/aromatic N) is 2. The van der Waals surface area contributed by atoms with Crippen molar-refractivity contribution >= 4 is 0 Å². The summed E-state index contributed by atoms with van der Waals surface area (Å²) < 4.78 is 0. The van der Waals surface area contributed by atoms with Gasteiger partial charge in [0.05, 0.1) is 0 Å². The number of pyridine rings is 1. The second-order valence-corrected chi connectivity index (χ2v) is 3.98. The zero-order valence-electron chi connectivity index (χ0n) is 8.39. The van der Waals surface area contributed by atoms with Crippen LogP contribution in [0.1, 0.15) is 12.0 Å². The molecule has 76 valence electrons. The first-order valence-electron chi connectivity index (χ1n) is 5.20. The third-order valence-electron chi connectivity index (χ3n) is 2.86. The van der Waals surface area contributed by atoms with Gasteiger partial charge in [-0.25, -0.2) is 0 Å². The van der Waals surface area contributed by atoms with Crippen LogP contribution in [0, 0.1) is 5.92 Å². The summed E-state index contributed by atoms with van der Waals surface area (Å²) in [5.74, 6) is 0.705. The lowest BCUT2D eigenvalue weighted by Crippen LogP contribution is -2.22. The predicted octanol–water partition coefficient (Wildman–Crippen LogP) is 0.862. The highest BCUT2D eigenvalue weighted by Gasteiger charge is 2.20. The van der Waals surface area contributed by atoms with Gasteiger partial charge in [-0.15, -0.1) is 0 Å². The third-order valence-corrected chi connectivity index (χ3v) is 2.86. The van der Waals surface area contributed by atoms with Crippen molar-refractivity contribution in [1.82, 2.24) is 9.88 Å². The van der Waals surface area contributed by atoms with Crippen molar-refractivity contribution in [3.8, 4) is 0 Å². The van der Waals surface area contributed by atoms with Gasteiger partial charge in [0.2, 0.25) is 0 Å². The largest absolute Gasteiger partial charge is 0.330 e. The molecule has 2 heterocycles.